The molecular weight excluding hydrogens is 290 g/mol. The third kappa shape index (κ3) is 2.70. The van der Waals surface area contributed by atoms with Gasteiger partial charge < -0.3 is 14.7 Å². The van der Waals surface area contributed by atoms with Gasteiger partial charge in [0, 0.05) is 26.1 Å². The number of fused-ring (bicyclic) bond motifs is 1. The lowest BCUT2D eigenvalue weighted by Gasteiger charge is -2.33. The summed E-state index contributed by atoms with van der Waals surface area (Å²) in [5, 5.41) is 13.6. The Kier molecular flexibility index (Phi) is 3.99. The summed E-state index contributed by atoms with van der Waals surface area (Å²) in [6.07, 6.45) is 1.89. The van der Waals surface area contributed by atoms with Crippen molar-refractivity contribution in [2.24, 2.45) is 11.3 Å². The average molecular weight is 309 g/mol. The second-order valence-electron chi connectivity index (χ2n) is 5.91. The first-order valence-electron chi connectivity index (χ1n) is 7.22. The minimum absolute atomic E-state index is 0.0221. The number of ether oxygens (including phenoxy) is 1. The maximum atomic E-state index is 12.3. The highest BCUT2D eigenvalue weighted by molar-refractivity contribution is 7.07. The fourth-order valence-electron chi connectivity index (χ4n) is 3.32. The van der Waals surface area contributed by atoms with Crippen LogP contribution in [0.3, 0.4) is 0 Å². The molecule has 0 aliphatic carbocycles. The first kappa shape index (κ1) is 14.5. The lowest BCUT2D eigenvalue weighted by atomic mass is 9.76. The number of carboxylic acid groups (broad SMARTS) is 1. The standard InChI is InChI=1S/C15H19NO4S/c17-13(2-1-11-4-6-21-8-11)16-7-12-3-5-20-10-15(12,9-16)14(18)19/h4,6,8,12H,1-3,5,7,9-10H2,(H,18,19)/t12-,15+/m0/s1. The first-order chi connectivity index (χ1) is 10.1. The minimum Gasteiger partial charge on any atom is -0.481 e. The highest BCUT2D eigenvalue weighted by atomic mass is 32.1. The van der Waals surface area contributed by atoms with Crippen molar-refractivity contribution in [3.63, 3.8) is 0 Å². The Morgan fingerprint density at radius 1 is 1.52 bits per heavy atom. The molecule has 6 heteroatoms. The molecule has 0 radical (unpaired) electrons. The lowest BCUT2D eigenvalue weighted by molar-refractivity contribution is -0.159. The topological polar surface area (TPSA) is 66.8 Å². The molecule has 2 fully saturated rings. The van der Waals surface area contributed by atoms with Gasteiger partial charge in [-0.25, -0.2) is 0 Å². The SMILES string of the molecule is O=C(CCc1ccsc1)N1C[C@@H]2CCOC[C@]2(C(=O)O)C1. The number of aliphatic carboxylic acids is 1. The molecule has 114 valence electrons. The van der Waals surface area contributed by atoms with E-state index in [1.807, 2.05) is 16.8 Å². The molecule has 21 heavy (non-hydrogen) atoms. The molecule has 3 rings (SSSR count). The zero-order valence-electron chi connectivity index (χ0n) is 11.8. The fourth-order valence-corrected chi connectivity index (χ4v) is 4.03. The Bertz CT molecular complexity index is 530. The van der Waals surface area contributed by atoms with Crippen LogP contribution in [0.4, 0.5) is 0 Å². The second kappa shape index (κ2) is 5.77. The van der Waals surface area contributed by atoms with Crippen molar-refractivity contribution in [1.29, 1.82) is 0 Å². The summed E-state index contributed by atoms with van der Waals surface area (Å²) in [6.45, 7) is 1.66. The van der Waals surface area contributed by atoms with Gasteiger partial charge in [0.2, 0.25) is 5.91 Å². The van der Waals surface area contributed by atoms with Crippen LogP contribution >= 0.6 is 11.3 Å². The molecule has 2 atom stereocenters. The largest absolute Gasteiger partial charge is 0.481 e. The van der Waals surface area contributed by atoms with E-state index < -0.39 is 11.4 Å². The van der Waals surface area contributed by atoms with Crippen molar-refractivity contribution < 1.29 is 19.4 Å². The highest BCUT2D eigenvalue weighted by Crippen LogP contribution is 2.41. The quantitative estimate of drug-likeness (QED) is 0.918. The van der Waals surface area contributed by atoms with E-state index >= 15 is 0 Å². The van der Waals surface area contributed by atoms with Gasteiger partial charge in [0.15, 0.2) is 0 Å². The van der Waals surface area contributed by atoms with Gasteiger partial charge in [-0.3, -0.25) is 9.59 Å². The number of likely N-dealkylation sites (tertiary alicyclic amines) is 1. The molecule has 3 heterocycles. The molecule has 0 unspecified atom stereocenters. The van der Waals surface area contributed by atoms with E-state index in [0.717, 1.165) is 12.8 Å². The van der Waals surface area contributed by atoms with E-state index in [1.54, 1.807) is 16.2 Å². The van der Waals surface area contributed by atoms with Crippen molar-refractivity contribution in [2.75, 3.05) is 26.3 Å². The van der Waals surface area contributed by atoms with Gasteiger partial charge in [-0.1, -0.05) is 0 Å². The van der Waals surface area contributed by atoms with Crippen LogP contribution in [0, 0.1) is 11.3 Å². The molecule has 1 aromatic rings. The second-order valence-corrected chi connectivity index (χ2v) is 6.69. The van der Waals surface area contributed by atoms with E-state index in [1.165, 1.54) is 5.56 Å². The molecule has 0 bridgehead atoms. The van der Waals surface area contributed by atoms with E-state index in [0.29, 0.717) is 19.6 Å². The van der Waals surface area contributed by atoms with Crippen LogP contribution in [0.2, 0.25) is 0 Å². The number of carbonyl (C=O) groups is 2. The summed E-state index contributed by atoms with van der Waals surface area (Å²) >= 11 is 1.62. The Labute approximate surface area is 127 Å². The summed E-state index contributed by atoms with van der Waals surface area (Å²) < 4.78 is 5.38. The molecule has 2 aliphatic heterocycles. The lowest BCUT2D eigenvalue weighted by Crippen LogP contribution is -2.46. The molecule has 0 aromatic carbocycles. The van der Waals surface area contributed by atoms with Crippen LogP contribution < -0.4 is 0 Å². The molecule has 5 nitrogen and oxygen atoms in total. The number of rotatable bonds is 4. The molecule has 2 saturated heterocycles. The summed E-state index contributed by atoms with van der Waals surface area (Å²) in [4.78, 5) is 25.7. The first-order valence-corrected chi connectivity index (χ1v) is 8.16. The molecule has 2 aliphatic rings. The summed E-state index contributed by atoms with van der Waals surface area (Å²) in [7, 11) is 0. The number of thiophene rings is 1. The molecular formula is C15H19NO4S. The van der Waals surface area contributed by atoms with Crippen LogP contribution in [-0.4, -0.2) is 48.2 Å². The highest BCUT2D eigenvalue weighted by Gasteiger charge is 2.54. The molecule has 0 spiro atoms. The van der Waals surface area contributed by atoms with Gasteiger partial charge in [0.25, 0.3) is 0 Å². The van der Waals surface area contributed by atoms with E-state index in [2.05, 4.69) is 0 Å². The van der Waals surface area contributed by atoms with Gasteiger partial charge in [0.05, 0.1) is 6.61 Å². The normalized spacial score (nSPS) is 28.4. The fraction of sp³-hybridized carbons (Fsp3) is 0.600. The minimum atomic E-state index is -0.893. The third-order valence-corrected chi connectivity index (χ3v) is 5.38. The smallest absolute Gasteiger partial charge is 0.314 e. The Balaban J connectivity index is 1.64. The van der Waals surface area contributed by atoms with Crippen LogP contribution in [0.1, 0.15) is 18.4 Å². The van der Waals surface area contributed by atoms with Crippen molar-refractivity contribution in [2.45, 2.75) is 19.3 Å². The molecule has 1 amide bonds. The molecule has 1 aromatic heterocycles. The molecule has 1 N–H and O–H groups in total. The zero-order valence-corrected chi connectivity index (χ0v) is 12.6. The van der Waals surface area contributed by atoms with Crippen LogP contribution in [-0.2, 0) is 20.7 Å². The van der Waals surface area contributed by atoms with Gasteiger partial charge in [0.1, 0.15) is 5.41 Å². The number of amides is 1. The van der Waals surface area contributed by atoms with Crippen molar-refractivity contribution in [3.8, 4) is 0 Å². The van der Waals surface area contributed by atoms with Gasteiger partial charge in [-0.05, 0) is 41.1 Å². The van der Waals surface area contributed by atoms with E-state index in [4.69, 9.17) is 4.74 Å². The Hall–Kier alpha value is -1.40. The number of carboxylic acids is 1. The maximum Gasteiger partial charge on any atom is 0.314 e. The van der Waals surface area contributed by atoms with Gasteiger partial charge in [-0.2, -0.15) is 11.3 Å². The molecule has 0 saturated carbocycles. The number of carbonyl (C=O) groups excluding carboxylic acids is 1. The van der Waals surface area contributed by atoms with Crippen molar-refractivity contribution in [1.82, 2.24) is 4.90 Å². The van der Waals surface area contributed by atoms with Crippen molar-refractivity contribution in [3.05, 3.63) is 22.4 Å². The zero-order chi connectivity index (χ0) is 14.9. The Morgan fingerprint density at radius 2 is 2.38 bits per heavy atom. The predicted octanol–water partition coefficient (Wildman–Crippen LogP) is 1.63. The van der Waals surface area contributed by atoms with Crippen LogP contribution in [0.25, 0.3) is 0 Å². The van der Waals surface area contributed by atoms with Gasteiger partial charge >= 0.3 is 5.97 Å². The average Bonchev–Trinajstić information content (AvgIpc) is 3.12. The number of nitrogens with zero attached hydrogens (tertiary/aromatic N) is 1. The summed E-state index contributed by atoms with van der Waals surface area (Å²) in [5.74, 6) is -0.759. The Morgan fingerprint density at radius 3 is 3.05 bits per heavy atom. The summed E-state index contributed by atoms with van der Waals surface area (Å²) in [5.41, 5.74) is 0.275. The number of hydrogen-bond acceptors (Lipinski definition) is 4. The summed E-state index contributed by atoms with van der Waals surface area (Å²) in [6, 6.07) is 2.02. The van der Waals surface area contributed by atoms with Gasteiger partial charge in [-0.15, -0.1) is 0 Å². The van der Waals surface area contributed by atoms with Crippen molar-refractivity contribution >= 4 is 23.2 Å². The predicted molar refractivity (Wildman–Crippen MR) is 78.2 cm³/mol. The maximum absolute atomic E-state index is 12.3. The van der Waals surface area contributed by atoms with Crippen LogP contribution in [0.5, 0.6) is 0 Å². The number of hydrogen-bond donors (Lipinski definition) is 1. The van der Waals surface area contributed by atoms with E-state index in [9.17, 15) is 14.7 Å². The third-order valence-electron chi connectivity index (χ3n) is 4.65. The van der Waals surface area contributed by atoms with E-state index in [-0.39, 0.29) is 25.0 Å². The monoisotopic (exact) mass is 309 g/mol. The van der Waals surface area contributed by atoms with Crippen LogP contribution in [0.15, 0.2) is 16.8 Å². The number of aryl methyl sites for hydroxylation is 1.